The lowest BCUT2D eigenvalue weighted by atomic mass is 9.93. The summed E-state index contributed by atoms with van der Waals surface area (Å²) in [5, 5.41) is 2.52. The van der Waals surface area contributed by atoms with Crippen LogP contribution in [0, 0.1) is 0 Å². The second kappa shape index (κ2) is 8.37. The van der Waals surface area contributed by atoms with Crippen LogP contribution in [0.2, 0.25) is 0 Å². The van der Waals surface area contributed by atoms with E-state index in [1.165, 1.54) is 18.7 Å². The Kier molecular flexibility index (Phi) is 5.43. The van der Waals surface area contributed by atoms with Crippen LogP contribution in [0.4, 0.5) is 4.79 Å². The molecule has 7 heteroatoms. The summed E-state index contributed by atoms with van der Waals surface area (Å²) in [5.74, 6) is -0.400. The first-order valence-electron chi connectivity index (χ1n) is 11.6. The first-order chi connectivity index (χ1) is 17.1. The van der Waals surface area contributed by atoms with E-state index in [0.29, 0.717) is 27.8 Å². The fraction of sp³-hybridized carbons (Fsp3) is 0.207. The van der Waals surface area contributed by atoms with Gasteiger partial charge >= 0.3 is 6.09 Å². The minimum absolute atomic E-state index is 0.217. The smallest absolute Gasteiger partial charge is 0.419 e. The van der Waals surface area contributed by atoms with Gasteiger partial charge in [0.25, 0.3) is 11.8 Å². The number of hydrogen-bond acceptors (Lipinski definition) is 5. The van der Waals surface area contributed by atoms with Crippen LogP contribution in [-0.2, 0) is 14.3 Å². The molecule has 182 valence electrons. The van der Waals surface area contributed by atoms with Gasteiger partial charge in [0.2, 0.25) is 0 Å². The molecule has 3 aromatic carbocycles. The second-order valence-corrected chi connectivity index (χ2v) is 9.73. The molecule has 0 saturated heterocycles. The first kappa shape index (κ1) is 23.4. The zero-order valence-corrected chi connectivity index (χ0v) is 20.8. The molecule has 0 bridgehead atoms. The lowest BCUT2D eigenvalue weighted by molar-refractivity contribution is -0.134. The predicted octanol–water partition coefficient (Wildman–Crippen LogP) is 5.50. The van der Waals surface area contributed by atoms with Crippen molar-refractivity contribution in [2.75, 3.05) is 14.2 Å². The van der Waals surface area contributed by atoms with Gasteiger partial charge in [0.15, 0.2) is 0 Å². The highest BCUT2D eigenvalue weighted by Crippen LogP contribution is 2.42. The summed E-state index contributed by atoms with van der Waals surface area (Å²) in [6.45, 7) is 5.37. The third-order valence-electron chi connectivity index (χ3n) is 6.20. The van der Waals surface area contributed by atoms with E-state index >= 15 is 0 Å². The van der Waals surface area contributed by atoms with Crippen LogP contribution in [0.3, 0.4) is 0 Å². The van der Waals surface area contributed by atoms with Crippen LogP contribution in [0.15, 0.2) is 66.9 Å². The molecule has 0 radical (unpaired) electrons. The number of para-hydroxylation sites is 1. The van der Waals surface area contributed by atoms with Crippen molar-refractivity contribution < 1.29 is 23.9 Å². The molecule has 0 N–H and O–H groups in total. The number of hydrogen-bond donors (Lipinski definition) is 0. The average Bonchev–Trinajstić information content (AvgIpc) is 3.33. The Morgan fingerprint density at radius 2 is 1.42 bits per heavy atom. The summed E-state index contributed by atoms with van der Waals surface area (Å²) in [6.07, 6.45) is 1.01. The highest BCUT2D eigenvalue weighted by atomic mass is 16.6. The van der Waals surface area contributed by atoms with Gasteiger partial charge in [0, 0.05) is 29.8 Å². The van der Waals surface area contributed by atoms with Crippen LogP contribution in [0.1, 0.15) is 31.9 Å². The van der Waals surface area contributed by atoms with Crippen LogP contribution >= 0.6 is 0 Å². The molecule has 0 fully saturated rings. The molecule has 0 unspecified atom stereocenters. The Balaban J connectivity index is 1.81. The third kappa shape index (κ3) is 3.73. The Hall–Kier alpha value is -4.39. The molecule has 0 saturated carbocycles. The highest BCUT2D eigenvalue weighted by Gasteiger charge is 2.40. The Labute approximate surface area is 208 Å². The lowest BCUT2D eigenvalue weighted by Gasteiger charge is -2.19. The number of amides is 2. The number of benzene rings is 3. The fourth-order valence-electron chi connectivity index (χ4n) is 4.57. The summed E-state index contributed by atoms with van der Waals surface area (Å²) < 4.78 is 12.6. The van der Waals surface area contributed by atoms with E-state index in [9.17, 15) is 14.4 Å². The summed E-state index contributed by atoms with van der Waals surface area (Å²) in [6, 6.07) is 18.7. The van der Waals surface area contributed by atoms with Gasteiger partial charge in [-0.2, -0.15) is 0 Å². The molecule has 2 heterocycles. The van der Waals surface area contributed by atoms with Gasteiger partial charge in [0.1, 0.15) is 11.4 Å². The SMILES string of the molecule is COc1cc2ccccc2cc1C1=C(c2cn(C(=O)OC(C)(C)C)c3ccccc23)C(=O)N(C)C1=O. The minimum atomic E-state index is -0.704. The van der Waals surface area contributed by atoms with Gasteiger partial charge < -0.3 is 9.47 Å². The van der Waals surface area contributed by atoms with E-state index in [1.54, 1.807) is 33.0 Å². The number of aromatic nitrogens is 1. The number of carbonyl (C=O) groups excluding carboxylic acids is 3. The maximum atomic E-state index is 13.5. The van der Waals surface area contributed by atoms with Crippen LogP contribution in [-0.4, -0.2) is 47.1 Å². The normalized spacial score (nSPS) is 14.3. The van der Waals surface area contributed by atoms with E-state index in [1.807, 2.05) is 54.6 Å². The van der Waals surface area contributed by atoms with Gasteiger partial charge in [-0.3, -0.25) is 19.1 Å². The summed E-state index contributed by atoms with van der Waals surface area (Å²) >= 11 is 0. The number of methoxy groups -OCH3 is 1. The zero-order chi connectivity index (χ0) is 25.8. The number of fused-ring (bicyclic) bond motifs is 2. The second-order valence-electron chi connectivity index (χ2n) is 9.73. The maximum absolute atomic E-state index is 13.5. The number of carbonyl (C=O) groups is 3. The van der Waals surface area contributed by atoms with Crippen molar-refractivity contribution in [3.8, 4) is 5.75 Å². The van der Waals surface area contributed by atoms with E-state index < -0.39 is 23.5 Å². The molecule has 0 atom stereocenters. The van der Waals surface area contributed by atoms with E-state index in [2.05, 4.69) is 0 Å². The molecule has 36 heavy (non-hydrogen) atoms. The maximum Gasteiger partial charge on any atom is 0.419 e. The van der Waals surface area contributed by atoms with E-state index in [4.69, 9.17) is 9.47 Å². The van der Waals surface area contributed by atoms with Crippen LogP contribution < -0.4 is 4.74 Å². The van der Waals surface area contributed by atoms with Crippen LogP contribution in [0.5, 0.6) is 5.75 Å². The number of rotatable bonds is 3. The molecule has 0 aliphatic carbocycles. The van der Waals surface area contributed by atoms with Gasteiger partial charge in [-0.1, -0.05) is 42.5 Å². The Bertz CT molecular complexity index is 1600. The van der Waals surface area contributed by atoms with Gasteiger partial charge in [-0.25, -0.2) is 4.79 Å². The average molecular weight is 483 g/mol. The molecular formula is C29H26N2O5. The van der Waals surface area contributed by atoms with Gasteiger partial charge in [-0.05, 0) is 49.7 Å². The van der Waals surface area contributed by atoms with Gasteiger partial charge in [0.05, 0.1) is 23.8 Å². The third-order valence-corrected chi connectivity index (χ3v) is 6.20. The Morgan fingerprint density at radius 1 is 0.833 bits per heavy atom. The van der Waals surface area contributed by atoms with Crippen molar-refractivity contribution in [1.82, 2.24) is 9.47 Å². The first-order valence-corrected chi connectivity index (χ1v) is 11.6. The van der Waals surface area contributed by atoms with Crippen LogP contribution in [0.25, 0.3) is 32.8 Å². The molecule has 1 aliphatic rings. The lowest BCUT2D eigenvalue weighted by Crippen LogP contribution is -2.27. The molecule has 5 rings (SSSR count). The largest absolute Gasteiger partial charge is 0.496 e. The monoisotopic (exact) mass is 482 g/mol. The van der Waals surface area contributed by atoms with Gasteiger partial charge in [-0.15, -0.1) is 0 Å². The van der Waals surface area contributed by atoms with E-state index in [0.717, 1.165) is 15.7 Å². The minimum Gasteiger partial charge on any atom is -0.496 e. The predicted molar refractivity (Wildman–Crippen MR) is 139 cm³/mol. The summed E-state index contributed by atoms with van der Waals surface area (Å²) in [7, 11) is 2.99. The number of ether oxygens (including phenoxy) is 2. The molecule has 0 spiro atoms. The van der Waals surface area contributed by atoms with Crippen molar-refractivity contribution in [3.63, 3.8) is 0 Å². The molecular weight excluding hydrogens is 456 g/mol. The van der Waals surface area contributed by atoms with Crippen molar-refractivity contribution >= 4 is 50.7 Å². The van der Waals surface area contributed by atoms with Crippen molar-refractivity contribution in [3.05, 3.63) is 78.0 Å². The summed E-state index contributed by atoms with van der Waals surface area (Å²) in [5.41, 5.74) is 1.32. The summed E-state index contributed by atoms with van der Waals surface area (Å²) in [4.78, 5) is 41.1. The number of imide groups is 1. The Morgan fingerprint density at radius 3 is 2.06 bits per heavy atom. The number of likely N-dealkylation sites (N-methyl/N-ethyl adjacent to an activating group) is 1. The fourth-order valence-corrected chi connectivity index (χ4v) is 4.57. The quantitative estimate of drug-likeness (QED) is 0.361. The van der Waals surface area contributed by atoms with E-state index in [-0.39, 0.29) is 11.1 Å². The topological polar surface area (TPSA) is 77.8 Å². The zero-order valence-electron chi connectivity index (χ0n) is 20.8. The standard InChI is InChI=1S/C29H26N2O5/c1-29(2,3)36-28(34)31-16-21(19-12-8-9-13-22(19)31)25-24(26(32)30(4)27(25)33)20-14-17-10-6-7-11-18(17)15-23(20)35-5/h6-16H,1-5H3. The number of nitrogens with zero attached hydrogens (tertiary/aromatic N) is 2. The molecule has 1 aromatic heterocycles. The molecule has 1 aliphatic heterocycles. The highest BCUT2D eigenvalue weighted by molar-refractivity contribution is 6.50. The molecule has 7 nitrogen and oxygen atoms in total. The van der Waals surface area contributed by atoms with Crippen molar-refractivity contribution in [1.29, 1.82) is 0 Å². The van der Waals surface area contributed by atoms with Crippen molar-refractivity contribution in [2.24, 2.45) is 0 Å². The molecule has 2 amide bonds. The van der Waals surface area contributed by atoms with Crippen molar-refractivity contribution in [2.45, 2.75) is 26.4 Å². The molecule has 4 aromatic rings.